The molecule has 28 heavy (non-hydrogen) atoms. The van der Waals surface area contributed by atoms with E-state index in [0.717, 1.165) is 24.0 Å². The second kappa shape index (κ2) is 10.3. The van der Waals surface area contributed by atoms with Crippen LogP contribution in [0.25, 0.3) is 11.1 Å². The Morgan fingerprint density at radius 2 is 1.43 bits per heavy atom. The molecule has 6 nitrogen and oxygen atoms in total. The normalized spacial score (nSPS) is 10.4. The zero-order valence-corrected chi connectivity index (χ0v) is 16.4. The highest BCUT2D eigenvalue weighted by molar-refractivity contribution is 5.92. The summed E-state index contributed by atoms with van der Waals surface area (Å²) in [5.41, 5.74) is 2.19. The molecule has 0 bridgehead atoms. The predicted octanol–water partition coefficient (Wildman–Crippen LogP) is 3.74. The number of hydrogen-bond acceptors (Lipinski definition) is 5. The molecule has 0 aliphatic carbocycles. The van der Waals surface area contributed by atoms with Crippen LogP contribution in [-0.2, 0) is 14.3 Å². The highest BCUT2D eigenvalue weighted by Crippen LogP contribution is 2.23. The van der Waals surface area contributed by atoms with E-state index in [1.807, 2.05) is 26.0 Å². The van der Waals surface area contributed by atoms with E-state index in [2.05, 4.69) is 5.32 Å². The topological polar surface area (TPSA) is 81.7 Å². The standard InChI is InChI=1S/C22H25NO5/c1-4-19(5-2)23-21(25)14-27-22(26)18-8-6-16(7-9-18)17-10-12-20(13-11-17)28-15(3)24/h6-13,19H,4-5,14H2,1-3H3,(H,23,25). The van der Waals surface area contributed by atoms with Gasteiger partial charge in [-0.15, -0.1) is 0 Å². The van der Waals surface area contributed by atoms with Crippen molar-refractivity contribution in [1.82, 2.24) is 5.32 Å². The van der Waals surface area contributed by atoms with Crippen LogP contribution in [0.1, 0.15) is 44.0 Å². The third-order valence-electron chi connectivity index (χ3n) is 4.25. The van der Waals surface area contributed by atoms with Crippen molar-refractivity contribution in [2.24, 2.45) is 0 Å². The summed E-state index contributed by atoms with van der Waals surface area (Å²) in [7, 11) is 0. The Morgan fingerprint density at radius 3 is 1.93 bits per heavy atom. The summed E-state index contributed by atoms with van der Waals surface area (Å²) < 4.78 is 10.1. The summed E-state index contributed by atoms with van der Waals surface area (Å²) in [5.74, 6) is -0.740. The zero-order valence-electron chi connectivity index (χ0n) is 16.4. The first-order valence-electron chi connectivity index (χ1n) is 9.28. The quantitative estimate of drug-likeness (QED) is 0.555. The van der Waals surface area contributed by atoms with Gasteiger partial charge in [-0.05, 0) is 48.2 Å². The SMILES string of the molecule is CCC(CC)NC(=O)COC(=O)c1ccc(-c2ccc(OC(C)=O)cc2)cc1. The van der Waals surface area contributed by atoms with Crippen molar-refractivity contribution in [2.45, 2.75) is 39.7 Å². The van der Waals surface area contributed by atoms with E-state index in [-0.39, 0.29) is 24.5 Å². The lowest BCUT2D eigenvalue weighted by molar-refractivity contribution is -0.131. The minimum atomic E-state index is -0.545. The largest absolute Gasteiger partial charge is 0.452 e. The van der Waals surface area contributed by atoms with Crippen LogP contribution in [-0.4, -0.2) is 30.5 Å². The summed E-state index contributed by atoms with van der Waals surface area (Å²) in [6, 6.07) is 14.0. The number of nitrogens with one attached hydrogen (secondary N) is 1. The zero-order chi connectivity index (χ0) is 20.5. The van der Waals surface area contributed by atoms with Gasteiger partial charge < -0.3 is 14.8 Å². The van der Waals surface area contributed by atoms with Crippen LogP contribution in [0.3, 0.4) is 0 Å². The van der Waals surface area contributed by atoms with E-state index in [4.69, 9.17) is 9.47 Å². The molecule has 2 aromatic rings. The van der Waals surface area contributed by atoms with E-state index in [0.29, 0.717) is 11.3 Å². The minimum absolute atomic E-state index is 0.0951. The molecule has 0 radical (unpaired) electrons. The molecular formula is C22H25NO5. The highest BCUT2D eigenvalue weighted by atomic mass is 16.5. The second-order valence-electron chi connectivity index (χ2n) is 6.35. The summed E-state index contributed by atoms with van der Waals surface area (Å²) in [6.45, 7) is 5.04. The Labute approximate surface area is 164 Å². The molecule has 1 amide bonds. The fraction of sp³-hybridized carbons (Fsp3) is 0.318. The molecule has 0 saturated carbocycles. The van der Waals surface area contributed by atoms with Crippen LogP contribution in [0.5, 0.6) is 5.75 Å². The minimum Gasteiger partial charge on any atom is -0.452 e. The Morgan fingerprint density at radius 1 is 0.893 bits per heavy atom. The average Bonchev–Trinajstić information content (AvgIpc) is 2.70. The molecule has 1 N–H and O–H groups in total. The Kier molecular flexibility index (Phi) is 7.75. The van der Waals surface area contributed by atoms with Crippen molar-refractivity contribution in [3.63, 3.8) is 0 Å². The fourth-order valence-electron chi connectivity index (χ4n) is 2.66. The van der Waals surface area contributed by atoms with Gasteiger partial charge in [-0.1, -0.05) is 38.1 Å². The van der Waals surface area contributed by atoms with Crippen molar-refractivity contribution >= 4 is 17.8 Å². The van der Waals surface area contributed by atoms with Crippen molar-refractivity contribution in [1.29, 1.82) is 0 Å². The molecule has 0 spiro atoms. The molecular weight excluding hydrogens is 358 g/mol. The van der Waals surface area contributed by atoms with Crippen LogP contribution in [0, 0.1) is 0 Å². The van der Waals surface area contributed by atoms with Crippen molar-refractivity contribution in [3.05, 3.63) is 54.1 Å². The number of carbonyl (C=O) groups excluding carboxylic acids is 3. The molecule has 6 heteroatoms. The van der Waals surface area contributed by atoms with Crippen molar-refractivity contribution < 1.29 is 23.9 Å². The lowest BCUT2D eigenvalue weighted by atomic mass is 10.0. The highest BCUT2D eigenvalue weighted by Gasteiger charge is 2.13. The summed E-state index contributed by atoms with van der Waals surface area (Å²) in [4.78, 5) is 34.9. The summed E-state index contributed by atoms with van der Waals surface area (Å²) in [5, 5.41) is 2.82. The maximum atomic E-state index is 12.1. The van der Waals surface area contributed by atoms with Gasteiger partial charge in [-0.25, -0.2) is 4.79 Å². The monoisotopic (exact) mass is 383 g/mol. The molecule has 0 saturated heterocycles. The number of rotatable bonds is 8. The predicted molar refractivity (Wildman–Crippen MR) is 106 cm³/mol. The molecule has 0 aliphatic rings. The second-order valence-corrected chi connectivity index (χ2v) is 6.35. The smallest absolute Gasteiger partial charge is 0.338 e. The Bertz CT molecular complexity index is 808. The molecule has 0 atom stereocenters. The summed E-state index contributed by atoms with van der Waals surface area (Å²) >= 11 is 0. The number of carbonyl (C=O) groups is 3. The number of hydrogen-bond donors (Lipinski definition) is 1. The maximum Gasteiger partial charge on any atom is 0.338 e. The molecule has 2 rings (SSSR count). The van der Waals surface area contributed by atoms with Gasteiger partial charge in [0.1, 0.15) is 5.75 Å². The fourth-order valence-corrected chi connectivity index (χ4v) is 2.66. The first-order valence-corrected chi connectivity index (χ1v) is 9.28. The number of esters is 2. The average molecular weight is 383 g/mol. The third kappa shape index (κ3) is 6.23. The Hall–Kier alpha value is -3.15. The van der Waals surface area contributed by atoms with E-state index < -0.39 is 5.97 Å². The van der Waals surface area contributed by atoms with E-state index in [1.165, 1.54) is 6.92 Å². The van der Waals surface area contributed by atoms with Crippen LogP contribution in [0.4, 0.5) is 0 Å². The number of benzene rings is 2. The third-order valence-corrected chi connectivity index (χ3v) is 4.25. The number of amides is 1. The van der Waals surface area contributed by atoms with Gasteiger partial charge in [0.15, 0.2) is 6.61 Å². The van der Waals surface area contributed by atoms with Gasteiger partial charge in [-0.2, -0.15) is 0 Å². The van der Waals surface area contributed by atoms with Crippen molar-refractivity contribution in [2.75, 3.05) is 6.61 Å². The molecule has 0 aromatic heterocycles. The molecule has 2 aromatic carbocycles. The van der Waals surface area contributed by atoms with Crippen molar-refractivity contribution in [3.8, 4) is 16.9 Å². The van der Waals surface area contributed by atoms with E-state index >= 15 is 0 Å². The molecule has 0 unspecified atom stereocenters. The van der Waals surface area contributed by atoms with Gasteiger partial charge in [0.05, 0.1) is 5.56 Å². The molecule has 0 heterocycles. The van der Waals surface area contributed by atoms with Crippen LogP contribution >= 0.6 is 0 Å². The van der Waals surface area contributed by atoms with E-state index in [1.54, 1.807) is 36.4 Å². The maximum absolute atomic E-state index is 12.1. The van der Waals surface area contributed by atoms with Crippen LogP contribution < -0.4 is 10.1 Å². The first-order chi connectivity index (χ1) is 13.4. The lowest BCUT2D eigenvalue weighted by Gasteiger charge is -2.14. The van der Waals surface area contributed by atoms with Gasteiger partial charge in [0.2, 0.25) is 0 Å². The van der Waals surface area contributed by atoms with Crippen LogP contribution in [0.15, 0.2) is 48.5 Å². The van der Waals surface area contributed by atoms with Gasteiger partial charge in [0.25, 0.3) is 5.91 Å². The van der Waals surface area contributed by atoms with Gasteiger partial charge in [-0.3, -0.25) is 9.59 Å². The molecule has 148 valence electrons. The summed E-state index contributed by atoms with van der Waals surface area (Å²) in [6.07, 6.45) is 1.67. The molecule has 0 aliphatic heterocycles. The van der Waals surface area contributed by atoms with Gasteiger partial charge >= 0.3 is 11.9 Å². The first kappa shape index (κ1) is 21.2. The number of ether oxygens (including phenoxy) is 2. The Balaban J connectivity index is 1.93. The molecule has 0 fully saturated rings. The van der Waals surface area contributed by atoms with Gasteiger partial charge in [0, 0.05) is 13.0 Å². The van der Waals surface area contributed by atoms with E-state index in [9.17, 15) is 14.4 Å². The lowest BCUT2D eigenvalue weighted by Crippen LogP contribution is -2.36. The van der Waals surface area contributed by atoms with Crippen LogP contribution in [0.2, 0.25) is 0 Å².